The number of hydrogen-bond acceptors (Lipinski definition) is 7. The SMILES string of the molecule is COc1ccc(S(=O)(=O)NC2COC(CN3CCCN(C(C)=O)CC3)C2O)cc1. The van der Waals surface area contributed by atoms with Gasteiger partial charge in [0.25, 0.3) is 0 Å². The first-order valence-electron chi connectivity index (χ1n) is 9.74. The molecule has 0 spiro atoms. The molecule has 2 saturated heterocycles. The summed E-state index contributed by atoms with van der Waals surface area (Å²) in [6, 6.07) is 5.34. The van der Waals surface area contributed by atoms with Gasteiger partial charge in [0, 0.05) is 33.1 Å². The topological polar surface area (TPSA) is 108 Å². The van der Waals surface area contributed by atoms with Crippen LogP contribution in [-0.4, -0.2) is 93.9 Å². The lowest BCUT2D eigenvalue weighted by molar-refractivity contribution is -0.128. The second-order valence-electron chi connectivity index (χ2n) is 7.43. The molecule has 2 heterocycles. The van der Waals surface area contributed by atoms with Gasteiger partial charge in [-0.2, -0.15) is 0 Å². The zero-order valence-corrected chi connectivity index (χ0v) is 17.6. The summed E-state index contributed by atoms with van der Waals surface area (Å²) in [5.74, 6) is 0.631. The van der Waals surface area contributed by atoms with Gasteiger partial charge in [0.05, 0.1) is 36.9 Å². The molecule has 10 heteroatoms. The van der Waals surface area contributed by atoms with Gasteiger partial charge in [-0.25, -0.2) is 13.1 Å². The van der Waals surface area contributed by atoms with E-state index in [0.29, 0.717) is 25.4 Å². The average molecular weight is 428 g/mol. The first-order chi connectivity index (χ1) is 13.8. The van der Waals surface area contributed by atoms with Gasteiger partial charge >= 0.3 is 0 Å². The minimum Gasteiger partial charge on any atom is -0.497 e. The molecule has 2 aliphatic heterocycles. The molecule has 0 radical (unpaired) electrons. The van der Waals surface area contributed by atoms with E-state index in [-0.39, 0.29) is 17.4 Å². The Kier molecular flexibility index (Phi) is 7.12. The summed E-state index contributed by atoms with van der Waals surface area (Å²) in [7, 11) is -2.27. The van der Waals surface area contributed by atoms with Crippen LogP contribution < -0.4 is 9.46 Å². The largest absolute Gasteiger partial charge is 0.497 e. The molecule has 3 unspecified atom stereocenters. The van der Waals surface area contributed by atoms with E-state index < -0.39 is 28.3 Å². The average Bonchev–Trinajstić information content (AvgIpc) is 2.89. The summed E-state index contributed by atoms with van der Waals surface area (Å²) in [4.78, 5) is 15.6. The number of ether oxygens (including phenoxy) is 2. The highest BCUT2D eigenvalue weighted by atomic mass is 32.2. The Morgan fingerprint density at radius 1 is 1.24 bits per heavy atom. The van der Waals surface area contributed by atoms with Gasteiger partial charge in [0.15, 0.2) is 0 Å². The molecule has 0 aliphatic carbocycles. The molecule has 0 saturated carbocycles. The molecular formula is C19H29N3O6S. The molecule has 2 fully saturated rings. The Labute approximate surface area is 171 Å². The van der Waals surface area contributed by atoms with E-state index >= 15 is 0 Å². The minimum absolute atomic E-state index is 0.0667. The zero-order valence-electron chi connectivity index (χ0n) is 16.8. The number of aliphatic hydroxyl groups excluding tert-OH is 1. The van der Waals surface area contributed by atoms with Crippen molar-refractivity contribution in [2.45, 2.75) is 36.5 Å². The van der Waals surface area contributed by atoms with Gasteiger partial charge < -0.3 is 19.5 Å². The molecule has 1 aromatic carbocycles. The lowest BCUT2D eigenvalue weighted by Crippen LogP contribution is -2.47. The van der Waals surface area contributed by atoms with Crippen molar-refractivity contribution in [1.82, 2.24) is 14.5 Å². The Morgan fingerprint density at radius 2 is 1.97 bits per heavy atom. The lowest BCUT2D eigenvalue weighted by atomic mass is 10.1. The van der Waals surface area contributed by atoms with Crippen molar-refractivity contribution in [1.29, 1.82) is 0 Å². The molecule has 9 nitrogen and oxygen atoms in total. The van der Waals surface area contributed by atoms with Gasteiger partial charge in [-0.3, -0.25) is 9.69 Å². The van der Waals surface area contributed by atoms with Crippen LogP contribution in [0.1, 0.15) is 13.3 Å². The van der Waals surface area contributed by atoms with Crippen molar-refractivity contribution in [2.24, 2.45) is 0 Å². The number of rotatable bonds is 6. The third-order valence-electron chi connectivity index (χ3n) is 5.43. The highest BCUT2D eigenvalue weighted by Gasteiger charge is 2.39. The van der Waals surface area contributed by atoms with Crippen LogP contribution in [0, 0.1) is 0 Å². The van der Waals surface area contributed by atoms with Gasteiger partial charge in [-0.05, 0) is 37.2 Å². The Hall–Kier alpha value is -1.72. The molecule has 162 valence electrons. The van der Waals surface area contributed by atoms with E-state index in [4.69, 9.17) is 9.47 Å². The quantitative estimate of drug-likeness (QED) is 0.639. The van der Waals surface area contributed by atoms with E-state index in [0.717, 1.165) is 19.5 Å². The van der Waals surface area contributed by atoms with Crippen molar-refractivity contribution in [3.63, 3.8) is 0 Å². The van der Waals surface area contributed by atoms with Crippen molar-refractivity contribution >= 4 is 15.9 Å². The molecular weight excluding hydrogens is 398 g/mol. The third-order valence-corrected chi connectivity index (χ3v) is 6.94. The summed E-state index contributed by atoms with van der Waals surface area (Å²) in [6.45, 7) is 5.05. The maximum absolute atomic E-state index is 12.6. The Balaban J connectivity index is 1.56. The van der Waals surface area contributed by atoms with Crippen LogP contribution in [0.5, 0.6) is 5.75 Å². The number of aliphatic hydroxyl groups is 1. The number of nitrogens with one attached hydrogen (secondary N) is 1. The molecule has 2 N–H and O–H groups in total. The molecule has 1 aromatic rings. The van der Waals surface area contributed by atoms with E-state index in [1.54, 1.807) is 19.1 Å². The number of carbonyl (C=O) groups excluding carboxylic acids is 1. The molecule has 29 heavy (non-hydrogen) atoms. The predicted molar refractivity (Wildman–Crippen MR) is 106 cm³/mol. The fourth-order valence-corrected chi connectivity index (χ4v) is 4.93. The van der Waals surface area contributed by atoms with E-state index in [1.807, 2.05) is 4.90 Å². The van der Waals surface area contributed by atoms with Crippen LogP contribution in [0.3, 0.4) is 0 Å². The van der Waals surface area contributed by atoms with Gasteiger partial charge in [0.1, 0.15) is 5.75 Å². The second-order valence-corrected chi connectivity index (χ2v) is 9.14. The summed E-state index contributed by atoms with van der Waals surface area (Å²) in [6.07, 6.45) is -0.576. The summed E-state index contributed by atoms with van der Waals surface area (Å²) in [5, 5.41) is 10.6. The monoisotopic (exact) mass is 427 g/mol. The smallest absolute Gasteiger partial charge is 0.240 e. The second kappa shape index (κ2) is 9.40. The number of carbonyl (C=O) groups is 1. The highest BCUT2D eigenvalue weighted by molar-refractivity contribution is 7.89. The predicted octanol–water partition coefficient (Wildman–Crippen LogP) is -0.344. The number of amides is 1. The van der Waals surface area contributed by atoms with E-state index in [1.165, 1.54) is 19.2 Å². The summed E-state index contributed by atoms with van der Waals surface area (Å²) < 4.78 is 38.5. The van der Waals surface area contributed by atoms with Crippen LogP contribution in [0.2, 0.25) is 0 Å². The molecule has 3 rings (SSSR count). The number of sulfonamides is 1. The van der Waals surface area contributed by atoms with Gasteiger partial charge in [-0.15, -0.1) is 0 Å². The lowest BCUT2D eigenvalue weighted by Gasteiger charge is -2.26. The summed E-state index contributed by atoms with van der Waals surface area (Å²) >= 11 is 0. The molecule has 1 amide bonds. The fourth-order valence-electron chi connectivity index (χ4n) is 3.69. The zero-order chi connectivity index (χ0) is 21.0. The van der Waals surface area contributed by atoms with Crippen LogP contribution in [0.15, 0.2) is 29.2 Å². The number of methoxy groups -OCH3 is 1. The number of nitrogens with zero attached hydrogens (tertiary/aromatic N) is 2. The molecule has 3 atom stereocenters. The molecule has 0 bridgehead atoms. The minimum atomic E-state index is -3.78. The van der Waals surface area contributed by atoms with Crippen molar-refractivity contribution in [3.05, 3.63) is 24.3 Å². The summed E-state index contributed by atoms with van der Waals surface area (Å²) in [5.41, 5.74) is 0. The van der Waals surface area contributed by atoms with Crippen molar-refractivity contribution in [3.8, 4) is 5.75 Å². The van der Waals surface area contributed by atoms with Crippen LogP contribution >= 0.6 is 0 Å². The highest BCUT2D eigenvalue weighted by Crippen LogP contribution is 2.20. The Bertz CT molecular complexity index is 801. The van der Waals surface area contributed by atoms with Crippen LogP contribution in [0.25, 0.3) is 0 Å². The first-order valence-corrected chi connectivity index (χ1v) is 11.2. The molecule has 2 aliphatic rings. The first kappa shape index (κ1) is 22.0. The van der Waals surface area contributed by atoms with Gasteiger partial charge in [-0.1, -0.05) is 0 Å². The standard InChI is InChI=1S/C19H29N3O6S/c1-14(23)22-9-3-8-21(10-11-22)12-18-19(24)17(13-28-18)20-29(25,26)16-6-4-15(27-2)5-7-16/h4-7,17-20,24H,3,8-13H2,1-2H3. The number of benzene rings is 1. The van der Waals surface area contributed by atoms with Crippen LogP contribution in [-0.2, 0) is 19.6 Å². The van der Waals surface area contributed by atoms with E-state index in [9.17, 15) is 18.3 Å². The Morgan fingerprint density at radius 3 is 2.62 bits per heavy atom. The normalized spacial score (nSPS) is 26.3. The fraction of sp³-hybridized carbons (Fsp3) is 0.632. The number of hydrogen-bond donors (Lipinski definition) is 2. The van der Waals surface area contributed by atoms with Gasteiger partial charge in [0.2, 0.25) is 15.9 Å². The third kappa shape index (κ3) is 5.46. The van der Waals surface area contributed by atoms with Crippen molar-refractivity contribution in [2.75, 3.05) is 46.4 Å². The van der Waals surface area contributed by atoms with Crippen molar-refractivity contribution < 1.29 is 27.8 Å². The molecule has 0 aromatic heterocycles. The van der Waals surface area contributed by atoms with Crippen LogP contribution in [0.4, 0.5) is 0 Å². The maximum atomic E-state index is 12.6. The van der Waals surface area contributed by atoms with E-state index in [2.05, 4.69) is 9.62 Å². The maximum Gasteiger partial charge on any atom is 0.240 e.